The zero-order valence-electron chi connectivity index (χ0n) is 10.8. The molecule has 1 saturated heterocycles. The standard InChI is InChI=1S/C12H20O5S/c1-3-16-10(13)9(11(14)17-4-2)12(15)6-5-7-18-8-12/h9,15H,3-8H2,1-2H3. The number of hydrogen-bond acceptors (Lipinski definition) is 6. The average molecular weight is 276 g/mol. The van der Waals surface area contributed by atoms with Crippen LogP contribution >= 0.6 is 11.8 Å². The Labute approximate surface area is 111 Å². The fraction of sp³-hybridized carbons (Fsp3) is 0.833. The number of carbonyl (C=O) groups excluding carboxylic acids is 2. The van der Waals surface area contributed by atoms with Crippen LogP contribution in [0.25, 0.3) is 0 Å². The van der Waals surface area contributed by atoms with Crippen LogP contribution in [-0.4, -0.2) is 47.4 Å². The number of carbonyl (C=O) groups is 2. The Balaban J connectivity index is 2.87. The molecule has 1 fully saturated rings. The van der Waals surface area contributed by atoms with Gasteiger partial charge in [0.25, 0.3) is 0 Å². The summed E-state index contributed by atoms with van der Waals surface area (Å²) in [5, 5.41) is 10.5. The molecule has 0 aliphatic carbocycles. The highest BCUT2D eigenvalue weighted by atomic mass is 32.2. The Kier molecular flexibility index (Phi) is 5.95. The lowest BCUT2D eigenvalue weighted by Crippen LogP contribution is -2.51. The zero-order valence-corrected chi connectivity index (χ0v) is 11.6. The maximum Gasteiger partial charge on any atom is 0.323 e. The van der Waals surface area contributed by atoms with Crippen LogP contribution in [0, 0.1) is 5.92 Å². The van der Waals surface area contributed by atoms with Crippen molar-refractivity contribution in [2.45, 2.75) is 32.3 Å². The van der Waals surface area contributed by atoms with Gasteiger partial charge < -0.3 is 14.6 Å². The summed E-state index contributed by atoms with van der Waals surface area (Å²) in [5.74, 6) is -1.33. The van der Waals surface area contributed by atoms with E-state index in [0.717, 1.165) is 12.2 Å². The average Bonchev–Trinajstić information content (AvgIpc) is 2.30. The van der Waals surface area contributed by atoms with Gasteiger partial charge in [0, 0.05) is 5.75 Å². The van der Waals surface area contributed by atoms with Crippen molar-refractivity contribution in [1.29, 1.82) is 0 Å². The van der Waals surface area contributed by atoms with Gasteiger partial charge in [-0.05, 0) is 32.4 Å². The molecular weight excluding hydrogens is 256 g/mol. The van der Waals surface area contributed by atoms with Crippen LogP contribution in [0.3, 0.4) is 0 Å². The summed E-state index contributed by atoms with van der Waals surface area (Å²) in [4.78, 5) is 23.7. The Morgan fingerprint density at radius 1 is 1.28 bits per heavy atom. The first-order valence-electron chi connectivity index (χ1n) is 6.18. The minimum atomic E-state index is -1.35. The molecule has 104 valence electrons. The molecule has 1 rings (SSSR count). The van der Waals surface area contributed by atoms with Gasteiger partial charge in [0.1, 0.15) is 0 Å². The number of rotatable bonds is 5. The highest BCUT2D eigenvalue weighted by Crippen LogP contribution is 2.34. The molecule has 1 aliphatic heterocycles. The van der Waals surface area contributed by atoms with Gasteiger partial charge in [-0.3, -0.25) is 9.59 Å². The van der Waals surface area contributed by atoms with Crippen LogP contribution in [0.1, 0.15) is 26.7 Å². The van der Waals surface area contributed by atoms with E-state index in [1.807, 2.05) is 0 Å². The molecule has 1 N–H and O–H groups in total. The van der Waals surface area contributed by atoms with Crippen molar-refractivity contribution in [2.75, 3.05) is 24.7 Å². The van der Waals surface area contributed by atoms with E-state index in [-0.39, 0.29) is 13.2 Å². The zero-order chi connectivity index (χ0) is 13.6. The fourth-order valence-corrected chi connectivity index (χ4v) is 3.17. The summed E-state index contributed by atoms with van der Waals surface area (Å²) in [6.45, 7) is 3.69. The second kappa shape index (κ2) is 6.99. The van der Waals surface area contributed by atoms with Crippen molar-refractivity contribution in [3.8, 4) is 0 Å². The first-order chi connectivity index (χ1) is 8.55. The summed E-state index contributed by atoms with van der Waals surface area (Å²) in [6.07, 6.45) is 1.19. The summed E-state index contributed by atoms with van der Waals surface area (Å²) >= 11 is 1.54. The van der Waals surface area contributed by atoms with Gasteiger partial charge in [0.2, 0.25) is 0 Å². The topological polar surface area (TPSA) is 72.8 Å². The van der Waals surface area contributed by atoms with Gasteiger partial charge in [-0.2, -0.15) is 11.8 Å². The SMILES string of the molecule is CCOC(=O)C(C(=O)OCC)C1(O)CCCSC1. The maximum absolute atomic E-state index is 11.9. The lowest BCUT2D eigenvalue weighted by molar-refractivity contribution is -0.173. The first-order valence-corrected chi connectivity index (χ1v) is 7.34. The maximum atomic E-state index is 11.9. The van der Waals surface area contributed by atoms with Crippen molar-refractivity contribution >= 4 is 23.7 Å². The van der Waals surface area contributed by atoms with Crippen LogP contribution < -0.4 is 0 Å². The van der Waals surface area contributed by atoms with Gasteiger partial charge in [0.15, 0.2) is 5.92 Å². The predicted molar refractivity (Wildman–Crippen MR) is 68.3 cm³/mol. The third-order valence-electron chi connectivity index (χ3n) is 2.83. The van der Waals surface area contributed by atoms with Crippen molar-refractivity contribution in [1.82, 2.24) is 0 Å². The van der Waals surface area contributed by atoms with E-state index in [2.05, 4.69) is 0 Å². The van der Waals surface area contributed by atoms with E-state index in [0.29, 0.717) is 12.2 Å². The van der Waals surface area contributed by atoms with E-state index >= 15 is 0 Å². The Morgan fingerprint density at radius 2 is 1.83 bits per heavy atom. The highest BCUT2D eigenvalue weighted by molar-refractivity contribution is 7.99. The highest BCUT2D eigenvalue weighted by Gasteiger charge is 2.49. The minimum absolute atomic E-state index is 0.179. The molecule has 0 radical (unpaired) electrons. The van der Waals surface area contributed by atoms with Crippen LogP contribution in [-0.2, 0) is 19.1 Å². The normalized spacial score (nSPS) is 23.8. The van der Waals surface area contributed by atoms with Crippen molar-refractivity contribution in [2.24, 2.45) is 5.92 Å². The molecule has 18 heavy (non-hydrogen) atoms. The lowest BCUT2D eigenvalue weighted by atomic mass is 9.84. The molecule has 0 saturated carbocycles. The second-order valence-electron chi connectivity index (χ2n) is 4.20. The predicted octanol–water partition coefficient (Wildman–Crippen LogP) is 0.987. The Bertz CT molecular complexity index is 281. The monoisotopic (exact) mass is 276 g/mol. The second-order valence-corrected chi connectivity index (χ2v) is 5.30. The molecule has 1 atom stereocenters. The van der Waals surface area contributed by atoms with Gasteiger partial charge in [-0.15, -0.1) is 0 Å². The lowest BCUT2D eigenvalue weighted by Gasteiger charge is -2.35. The van der Waals surface area contributed by atoms with Gasteiger partial charge in [0.05, 0.1) is 18.8 Å². The van der Waals surface area contributed by atoms with Gasteiger partial charge >= 0.3 is 11.9 Å². The molecule has 0 aromatic heterocycles. The molecule has 1 heterocycles. The van der Waals surface area contributed by atoms with E-state index < -0.39 is 23.5 Å². The van der Waals surface area contributed by atoms with Crippen molar-refractivity contribution in [3.05, 3.63) is 0 Å². The third-order valence-corrected chi connectivity index (χ3v) is 4.11. The quantitative estimate of drug-likeness (QED) is 0.596. The number of hydrogen-bond donors (Lipinski definition) is 1. The van der Waals surface area contributed by atoms with E-state index in [1.54, 1.807) is 13.8 Å². The van der Waals surface area contributed by atoms with Crippen LogP contribution in [0.4, 0.5) is 0 Å². The van der Waals surface area contributed by atoms with Crippen LogP contribution in [0.15, 0.2) is 0 Å². The Morgan fingerprint density at radius 3 is 2.22 bits per heavy atom. The smallest absolute Gasteiger partial charge is 0.323 e. The number of esters is 2. The molecule has 0 bridgehead atoms. The number of aliphatic hydroxyl groups is 1. The van der Waals surface area contributed by atoms with E-state index in [4.69, 9.17) is 9.47 Å². The van der Waals surface area contributed by atoms with Gasteiger partial charge in [-0.25, -0.2) is 0 Å². The van der Waals surface area contributed by atoms with Crippen LogP contribution in [0.2, 0.25) is 0 Å². The fourth-order valence-electron chi connectivity index (χ4n) is 2.02. The molecule has 0 aromatic carbocycles. The van der Waals surface area contributed by atoms with Crippen LogP contribution in [0.5, 0.6) is 0 Å². The first kappa shape index (κ1) is 15.3. The third kappa shape index (κ3) is 3.62. The summed E-state index contributed by atoms with van der Waals surface area (Å²) in [6, 6.07) is 0. The largest absolute Gasteiger partial charge is 0.465 e. The number of ether oxygens (including phenoxy) is 2. The van der Waals surface area contributed by atoms with E-state index in [1.165, 1.54) is 11.8 Å². The molecule has 1 aliphatic rings. The van der Waals surface area contributed by atoms with Gasteiger partial charge in [-0.1, -0.05) is 0 Å². The molecule has 0 amide bonds. The summed E-state index contributed by atoms with van der Waals surface area (Å²) in [7, 11) is 0. The molecular formula is C12H20O5S. The molecule has 0 spiro atoms. The molecule has 0 aromatic rings. The molecule has 1 unspecified atom stereocenters. The summed E-state index contributed by atoms with van der Waals surface area (Å²) in [5.41, 5.74) is -1.35. The number of thioether (sulfide) groups is 1. The van der Waals surface area contributed by atoms with E-state index in [9.17, 15) is 14.7 Å². The minimum Gasteiger partial charge on any atom is -0.465 e. The van der Waals surface area contributed by atoms with Crippen molar-refractivity contribution in [3.63, 3.8) is 0 Å². The summed E-state index contributed by atoms with van der Waals surface area (Å²) < 4.78 is 9.76. The Hall–Kier alpha value is -0.750. The molecule has 5 nitrogen and oxygen atoms in total. The molecule has 6 heteroatoms. The van der Waals surface area contributed by atoms with Crippen molar-refractivity contribution < 1.29 is 24.2 Å².